The molecule has 5 nitrogen and oxygen atoms in total. The van der Waals surface area contributed by atoms with E-state index in [9.17, 15) is 4.79 Å². The van der Waals surface area contributed by atoms with Gasteiger partial charge in [0.2, 0.25) is 0 Å². The number of rotatable bonds is 3. The monoisotopic (exact) mass is 262 g/mol. The Morgan fingerprint density at radius 2 is 2.17 bits per heavy atom. The molecule has 5 N–H and O–H groups in total. The molecule has 0 spiro atoms. The molecule has 2 rings (SSSR count). The molecule has 0 atom stereocenters. The number of aromatic nitrogens is 2. The average molecular weight is 262 g/mol. The summed E-state index contributed by atoms with van der Waals surface area (Å²) >= 11 is 1.36. The lowest BCUT2D eigenvalue weighted by Gasteiger charge is -2.06. The van der Waals surface area contributed by atoms with Crippen LogP contribution in [0.4, 0.5) is 5.82 Å². The third-order valence-corrected chi connectivity index (χ3v) is 3.36. The molecule has 0 saturated carbocycles. The number of nitrogens with one attached hydrogen (secondary N) is 1. The Hall–Kier alpha value is -1.79. The molecule has 0 aliphatic carbocycles. The van der Waals surface area contributed by atoms with Crippen LogP contribution in [0, 0.1) is 6.92 Å². The van der Waals surface area contributed by atoms with E-state index in [1.807, 2.05) is 25.1 Å². The van der Waals surface area contributed by atoms with Crippen molar-refractivity contribution in [3.8, 4) is 0 Å². The maximum Gasteiger partial charge on any atom is 0.253 e. The van der Waals surface area contributed by atoms with Crippen molar-refractivity contribution in [2.45, 2.75) is 23.5 Å². The van der Waals surface area contributed by atoms with Gasteiger partial charge in [-0.2, -0.15) is 0 Å². The molecule has 0 aliphatic rings. The van der Waals surface area contributed by atoms with Gasteiger partial charge in [-0.25, -0.2) is 4.98 Å². The first kappa shape index (κ1) is 12.7. The first-order chi connectivity index (χ1) is 8.58. The number of nitrogens with two attached hydrogens (primary N) is 2. The molecular formula is C12H14N4OS. The van der Waals surface area contributed by atoms with Gasteiger partial charge >= 0.3 is 0 Å². The second-order valence-electron chi connectivity index (χ2n) is 3.87. The molecule has 1 aromatic heterocycles. The summed E-state index contributed by atoms with van der Waals surface area (Å²) < 4.78 is 0. The largest absolute Gasteiger partial charge is 0.383 e. The van der Waals surface area contributed by atoms with Crippen LogP contribution in [0.2, 0.25) is 0 Å². The highest BCUT2D eigenvalue weighted by Crippen LogP contribution is 2.26. The number of aryl methyl sites for hydroxylation is 1. The van der Waals surface area contributed by atoms with Crippen LogP contribution >= 0.6 is 11.8 Å². The van der Waals surface area contributed by atoms with Crippen LogP contribution < -0.4 is 17.0 Å². The van der Waals surface area contributed by atoms with Gasteiger partial charge in [0.25, 0.3) is 5.56 Å². The maximum absolute atomic E-state index is 11.3. The lowest BCUT2D eigenvalue weighted by Crippen LogP contribution is -2.09. The van der Waals surface area contributed by atoms with Crippen LogP contribution in [0.3, 0.4) is 0 Å². The van der Waals surface area contributed by atoms with E-state index in [4.69, 9.17) is 11.5 Å². The number of anilines is 1. The van der Waals surface area contributed by atoms with Gasteiger partial charge in [0.1, 0.15) is 5.82 Å². The predicted octanol–water partition coefficient (Wildman–Crippen LogP) is 1.27. The fraction of sp³-hybridized carbons (Fsp3) is 0.167. The molecule has 18 heavy (non-hydrogen) atoms. The van der Waals surface area contributed by atoms with Gasteiger partial charge in [0.15, 0.2) is 5.16 Å². The molecule has 0 fully saturated rings. The fourth-order valence-corrected chi connectivity index (χ4v) is 2.47. The molecule has 0 radical (unpaired) electrons. The maximum atomic E-state index is 11.3. The van der Waals surface area contributed by atoms with E-state index in [0.717, 1.165) is 16.0 Å². The molecule has 0 saturated heterocycles. The number of benzene rings is 1. The summed E-state index contributed by atoms with van der Waals surface area (Å²) in [4.78, 5) is 18.9. The zero-order valence-electron chi connectivity index (χ0n) is 9.93. The summed E-state index contributed by atoms with van der Waals surface area (Å²) in [5.74, 6) is 0.219. The van der Waals surface area contributed by atoms with Crippen molar-refractivity contribution >= 4 is 17.6 Å². The number of H-pyrrole nitrogens is 1. The highest BCUT2D eigenvalue weighted by atomic mass is 32.2. The average Bonchev–Trinajstić information content (AvgIpc) is 2.27. The van der Waals surface area contributed by atoms with Gasteiger partial charge in [-0.15, -0.1) is 0 Å². The Morgan fingerprint density at radius 3 is 2.78 bits per heavy atom. The van der Waals surface area contributed by atoms with Crippen molar-refractivity contribution in [3.63, 3.8) is 0 Å². The molecule has 1 aromatic carbocycles. The zero-order valence-corrected chi connectivity index (χ0v) is 10.8. The fourth-order valence-electron chi connectivity index (χ4n) is 1.57. The summed E-state index contributed by atoms with van der Waals surface area (Å²) in [6.07, 6.45) is 0. The van der Waals surface area contributed by atoms with E-state index >= 15 is 0 Å². The summed E-state index contributed by atoms with van der Waals surface area (Å²) in [6, 6.07) is 7.19. The van der Waals surface area contributed by atoms with Crippen LogP contribution in [-0.2, 0) is 6.54 Å². The van der Waals surface area contributed by atoms with E-state index in [2.05, 4.69) is 9.97 Å². The Kier molecular flexibility index (Phi) is 3.69. The molecule has 0 amide bonds. The van der Waals surface area contributed by atoms with E-state index in [1.165, 1.54) is 17.8 Å². The second-order valence-corrected chi connectivity index (χ2v) is 4.93. The summed E-state index contributed by atoms with van der Waals surface area (Å²) in [5.41, 5.74) is 13.1. The molecule has 1 heterocycles. The lowest BCUT2D eigenvalue weighted by atomic mass is 10.1. The Balaban J connectivity index is 2.28. The van der Waals surface area contributed by atoms with Gasteiger partial charge in [0.05, 0.1) is 0 Å². The van der Waals surface area contributed by atoms with Crippen molar-refractivity contribution in [1.82, 2.24) is 9.97 Å². The Labute approximate surface area is 109 Å². The molecule has 0 bridgehead atoms. The number of nitrogens with zero attached hydrogens (tertiary/aromatic N) is 1. The highest BCUT2D eigenvalue weighted by molar-refractivity contribution is 7.99. The number of hydrogen-bond acceptors (Lipinski definition) is 5. The van der Waals surface area contributed by atoms with E-state index in [0.29, 0.717) is 11.7 Å². The van der Waals surface area contributed by atoms with Gasteiger partial charge in [-0.3, -0.25) is 4.79 Å². The van der Waals surface area contributed by atoms with Crippen LogP contribution in [0.25, 0.3) is 0 Å². The minimum Gasteiger partial charge on any atom is -0.383 e. The van der Waals surface area contributed by atoms with Gasteiger partial charge in [-0.1, -0.05) is 17.8 Å². The minimum atomic E-state index is -0.250. The lowest BCUT2D eigenvalue weighted by molar-refractivity contribution is 0.944. The first-order valence-electron chi connectivity index (χ1n) is 5.43. The molecule has 94 valence electrons. The normalized spacial score (nSPS) is 10.6. The van der Waals surface area contributed by atoms with E-state index in [-0.39, 0.29) is 11.4 Å². The van der Waals surface area contributed by atoms with Crippen molar-refractivity contribution in [3.05, 3.63) is 45.7 Å². The third-order valence-electron chi connectivity index (χ3n) is 2.49. The summed E-state index contributed by atoms with van der Waals surface area (Å²) in [7, 11) is 0. The van der Waals surface area contributed by atoms with E-state index in [1.54, 1.807) is 0 Å². The zero-order chi connectivity index (χ0) is 13.1. The van der Waals surface area contributed by atoms with Gasteiger partial charge in [-0.05, 0) is 30.2 Å². The SMILES string of the molecule is Cc1cc(Sc2nc(N)cc(=O)[nH]2)ccc1CN. The number of nitrogen functional groups attached to an aromatic ring is 1. The van der Waals surface area contributed by atoms with Gasteiger partial charge in [0, 0.05) is 17.5 Å². The van der Waals surface area contributed by atoms with Crippen molar-refractivity contribution in [2.24, 2.45) is 5.73 Å². The molecule has 2 aromatic rings. The molecule has 6 heteroatoms. The standard InChI is InChI=1S/C12H14N4OS/c1-7-4-9(3-2-8(7)6-13)18-12-15-10(14)5-11(17)16-12/h2-5H,6,13H2,1H3,(H3,14,15,16,17). The number of aromatic amines is 1. The molecule has 0 unspecified atom stereocenters. The van der Waals surface area contributed by atoms with E-state index < -0.39 is 0 Å². The first-order valence-corrected chi connectivity index (χ1v) is 6.24. The Bertz CT molecular complexity index is 624. The van der Waals surface area contributed by atoms with Crippen LogP contribution in [0.1, 0.15) is 11.1 Å². The quantitative estimate of drug-likeness (QED) is 0.724. The van der Waals surface area contributed by atoms with Crippen molar-refractivity contribution < 1.29 is 0 Å². The van der Waals surface area contributed by atoms with Crippen molar-refractivity contribution in [1.29, 1.82) is 0 Å². The third kappa shape index (κ3) is 2.91. The Morgan fingerprint density at radius 1 is 1.39 bits per heavy atom. The predicted molar refractivity (Wildman–Crippen MR) is 72.5 cm³/mol. The van der Waals surface area contributed by atoms with Gasteiger partial charge < -0.3 is 16.5 Å². The molecule has 0 aliphatic heterocycles. The molecular weight excluding hydrogens is 248 g/mol. The topological polar surface area (TPSA) is 97.8 Å². The smallest absolute Gasteiger partial charge is 0.253 e. The van der Waals surface area contributed by atoms with Crippen LogP contribution in [0.5, 0.6) is 0 Å². The highest BCUT2D eigenvalue weighted by Gasteiger charge is 2.04. The van der Waals surface area contributed by atoms with Crippen LogP contribution in [-0.4, -0.2) is 9.97 Å². The van der Waals surface area contributed by atoms with Crippen molar-refractivity contribution in [2.75, 3.05) is 5.73 Å². The van der Waals surface area contributed by atoms with Crippen LogP contribution in [0.15, 0.2) is 39.1 Å². The number of hydrogen-bond donors (Lipinski definition) is 3. The summed E-state index contributed by atoms with van der Waals surface area (Å²) in [6.45, 7) is 2.52. The minimum absolute atomic E-state index is 0.219. The summed E-state index contributed by atoms with van der Waals surface area (Å²) in [5, 5.41) is 0.486. The second kappa shape index (κ2) is 5.24.